The summed E-state index contributed by atoms with van der Waals surface area (Å²) in [6, 6.07) is 20.9. The molecule has 1 saturated heterocycles. The molecule has 3 amide bonds. The summed E-state index contributed by atoms with van der Waals surface area (Å²) in [7, 11) is 0. The molecule has 3 heterocycles. The standard InChI is InChI=1S/C31H27Cl2N5O5.ClH/c32-25-8-2-21(16-26(25)33)30(39)35-23-5-10-29(34-17-23)43-24-6-3-22(4-7-24)36-31(40)38-13-11-37(12-14-38)18-20-1-9-27-28(15-20)42-19-41-27;/h1-10,15-17H,11-14,18-19H2,(H,35,39)(H,36,40);1H. The van der Waals surface area contributed by atoms with Gasteiger partial charge in [-0.25, -0.2) is 9.78 Å². The molecule has 0 saturated carbocycles. The zero-order chi connectivity index (χ0) is 29.8. The summed E-state index contributed by atoms with van der Waals surface area (Å²) < 4.78 is 16.7. The molecule has 1 aromatic heterocycles. The van der Waals surface area contributed by atoms with Crippen molar-refractivity contribution >= 4 is 58.9 Å². The summed E-state index contributed by atoms with van der Waals surface area (Å²) in [6.07, 6.45) is 1.49. The summed E-state index contributed by atoms with van der Waals surface area (Å²) in [6.45, 7) is 3.87. The van der Waals surface area contributed by atoms with Gasteiger partial charge in [0.2, 0.25) is 12.7 Å². The average molecular weight is 657 g/mol. The number of pyridine rings is 1. The second-order valence-corrected chi connectivity index (χ2v) is 10.8. The Morgan fingerprint density at radius 1 is 0.818 bits per heavy atom. The van der Waals surface area contributed by atoms with Crippen molar-refractivity contribution in [3.63, 3.8) is 0 Å². The molecule has 0 spiro atoms. The zero-order valence-electron chi connectivity index (χ0n) is 23.3. The first-order valence-corrected chi connectivity index (χ1v) is 14.3. The molecule has 0 bridgehead atoms. The molecule has 0 unspecified atom stereocenters. The molecule has 2 N–H and O–H groups in total. The first kappa shape index (κ1) is 31.2. The summed E-state index contributed by atoms with van der Waals surface area (Å²) in [5.41, 5.74) is 2.69. The fourth-order valence-corrected chi connectivity index (χ4v) is 4.99. The Balaban J connectivity index is 0.00000384. The van der Waals surface area contributed by atoms with Gasteiger partial charge in [0, 0.05) is 50.0 Å². The van der Waals surface area contributed by atoms with E-state index in [4.69, 9.17) is 37.4 Å². The van der Waals surface area contributed by atoms with Gasteiger partial charge in [0.25, 0.3) is 5.91 Å². The number of benzene rings is 3. The number of nitrogens with one attached hydrogen (secondary N) is 2. The Hall–Kier alpha value is -4.22. The van der Waals surface area contributed by atoms with Crippen molar-refractivity contribution in [2.75, 3.05) is 43.6 Å². The summed E-state index contributed by atoms with van der Waals surface area (Å²) >= 11 is 11.9. The van der Waals surface area contributed by atoms with Gasteiger partial charge in [0.05, 0.1) is 21.9 Å². The maximum Gasteiger partial charge on any atom is 0.321 e. The topological polar surface area (TPSA) is 105 Å². The number of hydrogen-bond donors (Lipinski definition) is 2. The van der Waals surface area contributed by atoms with Crippen LogP contribution in [0.4, 0.5) is 16.2 Å². The van der Waals surface area contributed by atoms with Gasteiger partial charge in [0.15, 0.2) is 11.5 Å². The number of urea groups is 1. The number of hydrogen-bond acceptors (Lipinski definition) is 7. The second-order valence-electron chi connectivity index (χ2n) is 9.98. The SMILES string of the molecule is Cl.O=C(Nc1ccc(Oc2ccc(NC(=O)N3CCN(Cc4ccc5c(c4)OCO5)CC3)cc2)nc1)c1ccc(Cl)c(Cl)c1. The molecular weight excluding hydrogens is 629 g/mol. The van der Waals surface area contributed by atoms with Crippen molar-refractivity contribution in [1.82, 2.24) is 14.8 Å². The highest BCUT2D eigenvalue weighted by molar-refractivity contribution is 6.42. The molecule has 0 radical (unpaired) electrons. The van der Waals surface area contributed by atoms with Crippen molar-refractivity contribution in [2.24, 2.45) is 0 Å². The van der Waals surface area contributed by atoms with Crippen LogP contribution in [-0.2, 0) is 6.54 Å². The van der Waals surface area contributed by atoms with Gasteiger partial charge < -0.3 is 29.7 Å². The molecule has 4 aromatic rings. The normalized spacial score (nSPS) is 14.0. The largest absolute Gasteiger partial charge is 0.454 e. The van der Waals surface area contributed by atoms with E-state index in [0.29, 0.717) is 51.7 Å². The predicted molar refractivity (Wildman–Crippen MR) is 171 cm³/mol. The van der Waals surface area contributed by atoms with Crippen LogP contribution in [0.5, 0.6) is 23.1 Å². The number of aromatic nitrogens is 1. The van der Waals surface area contributed by atoms with Crippen molar-refractivity contribution < 1.29 is 23.8 Å². The molecule has 2 aliphatic heterocycles. The third-order valence-electron chi connectivity index (χ3n) is 7.01. The monoisotopic (exact) mass is 655 g/mol. The van der Waals surface area contributed by atoms with Crippen molar-refractivity contribution in [1.29, 1.82) is 0 Å². The number of carbonyl (C=O) groups excluding carboxylic acids is 2. The Bertz CT molecular complexity index is 1630. The molecule has 2 aliphatic rings. The average Bonchev–Trinajstić information content (AvgIpc) is 3.49. The maximum absolute atomic E-state index is 12.8. The van der Waals surface area contributed by atoms with Crippen LogP contribution >= 0.6 is 35.6 Å². The lowest BCUT2D eigenvalue weighted by molar-refractivity contribution is 0.102. The minimum Gasteiger partial charge on any atom is -0.454 e. The lowest BCUT2D eigenvalue weighted by Crippen LogP contribution is -2.49. The Kier molecular flexibility index (Phi) is 9.96. The minimum absolute atomic E-state index is 0. The van der Waals surface area contributed by atoms with E-state index in [0.717, 1.165) is 36.7 Å². The first-order valence-electron chi connectivity index (χ1n) is 13.6. The number of amides is 3. The molecule has 3 aromatic carbocycles. The number of carbonyl (C=O) groups is 2. The van der Waals surface area contributed by atoms with E-state index in [1.165, 1.54) is 12.3 Å². The van der Waals surface area contributed by atoms with Crippen molar-refractivity contribution in [2.45, 2.75) is 6.54 Å². The van der Waals surface area contributed by atoms with Gasteiger partial charge in [0.1, 0.15) is 5.75 Å². The van der Waals surface area contributed by atoms with Gasteiger partial charge >= 0.3 is 6.03 Å². The highest BCUT2D eigenvalue weighted by Gasteiger charge is 2.22. The number of rotatable bonds is 7. The Morgan fingerprint density at radius 3 is 2.30 bits per heavy atom. The highest BCUT2D eigenvalue weighted by atomic mass is 35.5. The molecule has 0 atom stereocenters. The van der Waals surface area contributed by atoms with E-state index in [1.807, 2.05) is 23.1 Å². The number of piperazine rings is 1. The van der Waals surface area contributed by atoms with Crippen LogP contribution in [0.15, 0.2) is 79.0 Å². The van der Waals surface area contributed by atoms with E-state index < -0.39 is 0 Å². The molecule has 1 fully saturated rings. The zero-order valence-corrected chi connectivity index (χ0v) is 25.6. The highest BCUT2D eigenvalue weighted by Crippen LogP contribution is 2.33. The molecule has 10 nitrogen and oxygen atoms in total. The number of ether oxygens (including phenoxy) is 3. The Morgan fingerprint density at radius 2 is 1.57 bits per heavy atom. The van der Waals surface area contributed by atoms with Crippen molar-refractivity contribution in [3.8, 4) is 23.1 Å². The molecule has 6 rings (SSSR count). The lowest BCUT2D eigenvalue weighted by Gasteiger charge is -2.34. The van der Waals surface area contributed by atoms with Crippen LogP contribution in [0.1, 0.15) is 15.9 Å². The maximum atomic E-state index is 12.8. The molecule has 44 heavy (non-hydrogen) atoms. The van der Waals surface area contributed by atoms with Crippen LogP contribution in [0, 0.1) is 0 Å². The van der Waals surface area contributed by atoms with E-state index in [-0.39, 0.29) is 31.1 Å². The fraction of sp³-hybridized carbons (Fsp3) is 0.194. The third-order valence-corrected chi connectivity index (χ3v) is 7.75. The van der Waals surface area contributed by atoms with Gasteiger partial charge in [-0.3, -0.25) is 9.69 Å². The summed E-state index contributed by atoms with van der Waals surface area (Å²) in [5, 5.41) is 6.38. The van der Waals surface area contributed by atoms with E-state index in [9.17, 15) is 9.59 Å². The minimum atomic E-state index is -0.338. The smallest absolute Gasteiger partial charge is 0.321 e. The van der Waals surface area contributed by atoms with Gasteiger partial charge in [-0.15, -0.1) is 12.4 Å². The number of halogens is 3. The molecule has 13 heteroatoms. The van der Waals surface area contributed by atoms with Crippen LogP contribution < -0.4 is 24.8 Å². The predicted octanol–water partition coefficient (Wildman–Crippen LogP) is 6.93. The number of fused-ring (bicyclic) bond motifs is 1. The van der Waals surface area contributed by atoms with Gasteiger partial charge in [-0.2, -0.15) is 0 Å². The number of anilines is 2. The van der Waals surface area contributed by atoms with Gasteiger partial charge in [-0.05, 0) is 66.2 Å². The molecule has 0 aliphatic carbocycles. The molecule has 228 valence electrons. The molecular formula is C31H28Cl3N5O5. The van der Waals surface area contributed by atoms with Crippen LogP contribution in [0.2, 0.25) is 10.0 Å². The van der Waals surface area contributed by atoms with E-state index in [1.54, 1.807) is 48.5 Å². The van der Waals surface area contributed by atoms with Crippen LogP contribution in [-0.4, -0.2) is 59.7 Å². The van der Waals surface area contributed by atoms with E-state index in [2.05, 4.69) is 20.5 Å². The van der Waals surface area contributed by atoms with E-state index >= 15 is 0 Å². The third kappa shape index (κ3) is 7.64. The second kappa shape index (κ2) is 14.0. The van der Waals surface area contributed by atoms with Crippen LogP contribution in [0.25, 0.3) is 0 Å². The number of nitrogens with zero attached hydrogens (tertiary/aromatic N) is 3. The lowest BCUT2D eigenvalue weighted by atomic mass is 10.1. The summed E-state index contributed by atoms with van der Waals surface area (Å²) in [4.78, 5) is 33.7. The first-order chi connectivity index (χ1) is 20.9. The van der Waals surface area contributed by atoms with Crippen molar-refractivity contribution in [3.05, 3.63) is 100 Å². The van der Waals surface area contributed by atoms with Crippen LogP contribution in [0.3, 0.4) is 0 Å². The quantitative estimate of drug-likeness (QED) is 0.222. The fourth-order valence-electron chi connectivity index (χ4n) is 4.69. The van der Waals surface area contributed by atoms with Gasteiger partial charge in [-0.1, -0.05) is 29.3 Å². The Labute approximate surface area is 270 Å². The summed E-state index contributed by atoms with van der Waals surface area (Å²) in [5.74, 6) is 2.12.